The molecule has 2 heterocycles. The molecule has 0 saturated carbocycles. The van der Waals surface area contributed by atoms with Crippen LogP contribution in [-0.4, -0.2) is 16.3 Å². The first-order valence-corrected chi connectivity index (χ1v) is 6.37. The van der Waals surface area contributed by atoms with Crippen molar-refractivity contribution >= 4 is 27.4 Å². The Kier molecular flexibility index (Phi) is 2.55. The number of nitrogens with one attached hydrogen (secondary N) is 1. The normalized spacial score (nSPS) is 18.5. The van der Waals surface area contributed by atoms with Gasteiger partial charge >= 0.3 is 0 Å². The van der Waals surface area contributed by atoms with E-state index < -0.39 is 0 Å². The van der Waals surface area contributed by atoms with Gasteiger partial charge < -0.3 is 11.1 Å². The molecule has 4 nitrogen and oxygen atoms in total. The first kappa shape index (κ1) is 10.7. The molecule has 0 aliphatic carbocycles. The summed E-state index contributed by atoms with van der Waals surface area (Å²) in [6, 6.07) is 8.29. The summed E-state index contributed by atoms with van der Waals surface area (Å²) in [7, 11) is 0. The lowest BCUT2D eigenvalue weighted by atomic mass is 10.0. The van der Waals surface area contributed by atoms with E-state index in [0.29, 0.717) is 0 Å². The highest BCUT2D eigenvalue weighted by atomic mass is 79.9. The van der Waals surface area contributed by atoms with Gasteiger partial charge in [-0.2, -0.15) is 5.10 Å². The van der Waals surface area contributed by atoms with Crippen LogP contribution in [0.15, 0.2) is 34.9 Å². The molecule has 1 aliphatic heterocycles. The van der Waals surface area contributed by atoms with Gasteiger partial charge in [-0.25, -0.2) is 4.68 Å². The summed E-state index contributed by atoms with van der Waals surface area (Å²) in [6.07, 6.45) is 2.84. The van der Waals surface area contributed by atoms with Crippen LogP contribution in [0.3, 0.4) is 0 Å². The van der Waals surface area contributed by atoms with Crippen molar-refractivity contribution in [2.24, 2.45) is 0 Å². The van der Waals surface area contributed by atoms with Crippen molar-refractivity contribution in [3.8, 4) is 0 Å². The Morgan fingerprint density at radius 2 is 2.35 bits per heavy atom. The van der Waals surface area contributed by atoms with Crippen LogP contribution in [0.25, 0.3) is 0 Å². The van der Waals surface area contributed by atoms with E-state index in [1.54, 1.807) is 0 Å². The molecule has 0 amide bonds. The molecule has 0 saturated heterocycles. The number of aromatic nitrogens is 2. The van der Waals surface area contributed by atoms with Crippen LogP contribution in [-0.2, 0) is 0 Å². The molecule has 0 bridgehead atoms. The summed E-state index contributed by atoms with van der Waals surface area (Å²) in [5.41, 5.74) is 7.85. The molecule has 3 N–H and O–H groups in total. The van der Waals surface area contributed by atoms with Crippen LogP contribution in [0.4, 0.5) is 11.5 Å². The molecule has 88 valence electrons. The van der Waals surface area contributed by atoms with Gasteiger partial charge in [-0.05, 0) is 40.0 Å². The van der Waals surface area contributed by atoms with Crippen LogP contribution >= 0.6 is 15.9 Å². The van der Waals surface area contributed by atoms with Gasteiger partial charge in [-0.15, -0.1) is 0 Å². The van der Waals surface area contributed by atoms with E-state index in [1.807, 2.05) is 29.1 Å². The van der Waals surface area contributed by atoms with Gasteiger partial charge in [-0.1, -0.05) is 12.1 Å². The van der Waals surface area contributed by atoms with E-state index >= 15 is 0 Å². The molecular formula is C12H13BrN4. The Morgan fingerprint density at radius 1 is 1.47 bits per heavy atom. The zero-order valence-corrected chi connectivity index (χ0v) is 10.8. The summed E-state index contributed by atoms with van der Waals surface area (Å²) in [4.78, 5) is 0. The molecule has 0 spiro atoms. The Labute approximate surface area is 108 Å². The third kappa shape index (κ3) is 1.80. The molecule has 5 heteroatoms. The Hall–Kier alpha value is -1.49. The van der Waals surface area contributed by atoms with Crippen molar-refractivity contribution in [1.29, 1.82) is 0 Å². The summed E-state index contributed by atoms with van der Waals surface area (Å²) in [5, 5.41) is 7.76. The Bertz CT molecular complexity index is 549. The predicted molar refractivity (Wildman–Crippen MR) is 72.0 cm³/mol. The van der Waals surface area contributed by atoms with E-state index in [2.05, 4.69) is 32.4 Å². The van der Waals surface area contributed by atoms with Gasteiger partial charge in [0.1, 0.15) is 5.82 Å². The number of nitrogens with zero attached hydrogens (tertiary/aromatic N) is 2. The second-order valence-corrected chi connectivity index (χ2v) is 5.04. The van der Waals surface area contributed by atoms with Gasteiger partial charge in [-0.3, -0.25) is 0 Å². The standard InChI is InChI=1S/C12H13BrN4/c13-10-7-16-17-11(4-5-15-12(10)17)8-2-1-3-9(14)6-8/h1-3,6-7,11,15H,4-5,14H2. The van der Waals surface area contributed by atoms with Gasteiger partial charge in [0.25, 0.3) is 0 Å². The van der Waals surface area contributed by atoms with E-state index in [-0.39, 0.29) is 6.04 Å². The fraction of sp³-hybridized carbons (Fsp3) is 0.250. The average Bonchev–Trinajstić information content (AvgIpc) is 2.71. The number of hydrogen-bond acceptors (Lipinski definition) is 3. The molecule has 3 rings (SSSR count). The Balaban J connectivity index is 2.06. The summed E-state index contributed by atoms with van der Waals surface area (Å²) in [6.45, 7) is 0.948. The number of rotatable bonds is 1. The molecule has 1 aromatic heterocycles. The van der Waals surface area contributed by atoms with E-state index in [1.165, 1.54) is 5.56 Å². The van der Waals surface area contributed by atoms with Crippen LogP contribution in [0, 0.1) is 0 Å². The minimum absolute atomic E-state index is 0.265. The van der Waals surface area contributed by atoms with Gasteiger partial charge in [0.05, 0.1) is 16.7 Å². The number of benzene rings is 1. The number of nitrogen functional groups attached to an aromatic ring is 1. The first-order chi connectivity index (χ1) is 8.25. The third-order valence-corrected chi connectivity index (χ3v) is 3.63. The zero-order chi connectivity index (χ0) is 11.8. The van der Waals surface area contributed by atoms with E-state index in [4.69, 9.17) is 5.73 Å². The monoisotopic (exact) mass is 292 g/mol. The molecule has 1 aromatic carbocycles. The topological polar surface area (TPSA) is 55.9 Å². The molecule has 2 aromatic rings. The largest absolute Gasteiger partial charge is 0.399 e. The summed E-state index contributed by atoms with van der Waals surface area (Å²) in [5.74, 6) is 1.05. The number of hydrogen-bond donors (Lipinski definition) is 2. The lowest BCUT2D eigenvalue weighted by molar-refractivity contribution is 0.482. The van der Waals surface area contributed by atoms with Crippen LogP contribution in [0.1, 0.15) is 18.0 Å². The van der Waals surface area contributed by atoms with Crippen molar-refractivity contribution in [3.05, 3.63) is 40.5 Å². The summed E-state index contributed by atoms with van der Waals surface area (Å²) >= 11 is 3.50. The maximum Gasteiger partial charge on any atom is 0.139 e. The highest BCUT2D eigenvalue weighted by Gasteiger charge is 2.23. The number of anilines is 2. The highest BCUT2D eigenvalue weighted by molar-refractivity contribution is 9.10. The molecule has 0 radical (unpaired) electrons. The average molecular weight is 293 g/mol. The van der Waals surface area contributed by atoms with Crippen LogP contribution < -0.4 is 11.1 Å². The predicted octanol–water partition coefficient (Wildman–Crippen LogP) is 2.63. The molecule has 1 aliphatic rings. The first-order valence-electron chi connectivity index (χ1n) is 5.58. The second kappa shape index (κ2) is 4.07. The molecule has 1 unspecified atom stereocenters. The van der Waals surface area contributed by atoms with E-state index in [0.717, 1.165) is 28.9 Å². The molecule has 17 heavy (non-hydrogen) atoms. The Morgan fingerprint density at radius 3 is 3.18 bits per heavy atom. The maximum absolute atomic E-state index is 5.84. The van der Waals surface area contributed by atoms with Gasteiger partial charge in [0.2, 0.25) is 0 Å². The van der Waals surface area contributed by atoms with Crippen molar-refractivity contribution in [3.63, 3.8) is 0 Å². The van der Waals surface area contributed by atoms with E-state index in [9.17, 15) is 0 Å². The smallest absolute Gasteiger partial charge is 0.139 e. The van der Waals surface area contributed by atoms with Crippen molar-refractivity contribution in [1.82, 2.24) is 9.78 Å². The second-order valence-electron chi connectivity index (χ2n) is 4.19. The van der Waals surface area contributed by atoms with Crippen molar-refractivity contribution < 1.29 is 0 Å². The maximum atomic E-state index is 5.84. The lowest BCUT2D eigenvalue weighted by Gasteiger charge is -2.26. The van der Waals surface area contributed by atoms with Crippen molar-refractivity contribution in [2.45, 2.75) is 12.5 Å². The van der Waals surface area contributed by atoms with Gasteiger partial charge in [0, 0.05) is 12.2 Å². The third-order valence-electron chi connectivity index (χ3n) is 3.05. The number of fused-ring (bicyclic) bond motifs is 1. The fourth-order valence-corrected chi connectivity index (χ4v) is 2.68. The minimum Gasteiger partial charge on any atom is -0.399 e. The zero-order valence-electron chi connectivity index (χ0n) is 9.23. The van der Waals surface area contributed by atoms with Crippen LogP contribution in [0.5, 0.6) is 0 Å². The molecule has 0 fully saturated rings. The molecular weight excluding hydrogens is 280 g/mol. The summed E-state index contributed by atoms with van der Waals surface area (Å²) < 4.78 is 3.02. The highest BCUT2D eigenvalue weighted by Crippen LogP contribution is 2.33. The molecule has 1 atom stereocenters. The number of halogens is 1. The SMILES string of the molecule is Nc1cccc(C2CCNc3c(Br)cnn32)c1. The van der Waals surface area contributed by atoms with Crippen LogP contribution in [0.2, 0.25) is 0 Å². The fourth-order valence-electron chi connectivity index (χ4n) is 2.27. The van der Waals surface area contributed by atoms with Crippen molar-refractivity contribution in [2.75, 3.05) is 17.6 Å². The lowest BCUT2D eigenvalue weighted by Crippen LogP contribution is -2.24. The quantitative estimate of drug-likeness (QED) is 0.795. The van der Waals surface area contributed by atoms with Gasteiger partial charge in [0.15, 0.2) is 0 Å². The number of nitrogens with two attached hydrogens (primary N) is 1. The minimum atomic E-state index is 0.265.